The van der Waals surface area contributed by atoms with Crippen molar-refractivity contribution in [2.45, 2.75) is 83.8 Å². The number of aliphatic hydroxyl groups is 2. The third-order valence-electron chi connectivity index (χ3n) is 3.66. The first-order chi connectivity index (χ1) is 9.16. The first-order valence-corrected chi connectivity index (χ1v) is 8.21. The van der Waals surface area contributed by atoms with Crippen LogP contribution in [0.25, 0.3) is 0 Å². The van der Waals surface area contributed by atoms with E-state index in [1.807, 2.05) is 0 Å². The van der Waals surface area contributed by atoms with Gasteiger partial charge in [0, 0.05) is 13.0 Å². The lowest BCUT2D eigenvalue weighted by molar-refractivity contribution is -0.0493. The molecule has 0 aromatic heterocycles. The molecule has 0 bridgehead atoms. The highest BCUT2D eigenvalue weighted by Crippen LogP contribution is 2.10. The number of hydrogen-bond donors (Lipinski definition) is 2. The van der Waals surface area contributed by atoms with Crippen molar-refractivity contribution < 1.29 is 10.2 Å². The number of unbranched alkanes of at least 4 members (excludes halogenated alkanes) is 9. The summed E-state index contributed by atoms with van der Waals surface area (Å²) >= 11 is 0. The Balaban J connectivity index is 0. The molecule has 0 saturated carbocycles. The van der Waals surface area contributed by atoms with Crippen LogP contribution in [0.15, 0.2) is 0 Å². The predicted molar refractivity (Wildman–Crippen MR) is 89.4 cm³/mol. The van der Waals surface area contributed by atoms with Crippen LogP contribution in [-0.2, 0) is 0 Å². The Bertz CT molecular complexity index is 180. The van der Waals surface area contributed by atoms with Crippen LogP contribution in [0.5, 0.6) is 0 Å². The molecule has 0 fully saturated rings. The lowest BCUT2D eigenvalue weighted by Gasteiger charge is -2.16. The van der Waals surface area contributed by atoms with E-state index < -0.39 is 6.29 Å². The van der Waals surface area contributed by atoms with Gasteiger partial charge < -0.3 is 15.1 Å². The van der Waals surface area contributed by atoms with Gasteiger partial charge in [0.25, 0.3) is 0 Å². The zero-order valence-corrected chi connectivity index (χ0v) is 14.3. The molecule has 0 spiro atoms. The largest absolute Gasteiger partial charge is 0.368 e. The predicted octanol–water partition coefficient (Wildman–Crippen LogP) is 3.96. The van der Waals surface area contributed by atoms with Crippen molar-refractivity contribution in [3.05, 3.63) is 0 Å². The quantitative estimate of drug-likeness (QED) is 0.377. The van der Waals surface area contributed by atoms with Gasteiger partial charge in [-0.1, -0.05) is 64.7 Å². The normalized spacial score (nSPS) is 11.1. The highest BCUT2D eigenvalue weighted by Gasteiger charge is 2.01. The first-order valence-electron chi connectivity index (χ1n) is 8.21. The van der Waals surface area contributed by atoms with Crippen LogP contribution in [0.3, 0.4) is 0 Å². The summed E-state index contributed by atoms with van der Waals surface area (Å²) < 4.78 is 0. The summed E-state index contributed by atoms with van der Waals surface area (Å²) in [6.45, 7) is 4.11. The number of nitrogens with zero attached hydrogens (tertiary/aromatic N) is 1. The summed E-state index contributed by atoms with van der Waals surface area (Å²) in [5.41, 5.74) is 0. The summed E-state index contributed by atoms with van der Waals surface area (Å²) in [4.78, 5) is 2.18. The number of halogens is 1. The van der Waals surface area contributed by atoms with Gasteiger partial charge in [0.05, 0.1) is 0 Å². The lowest BCUT2D eigenvalue weighted by atomic mass is 10.1. The Hall–Kier alpha value is 0.170. The maximum absolute atomic E-state index is 8.78. The molecule has 4 heteroatoms. The first kappa shape index (κ1) is 22.5. The SMILES string of the molecule is CCCCCCCCCCCCN(C)CCC(O)O.Cl. The Morgan fingerprint density at radius 3 is 1.65 bits per heavy atom. The van der Waals surface area contributed by atoms with Crippen LogP contribution in [-0.4, -0.2) is 41.5 Å². The topological polar surface area (TPSA) is 43.7 Å². The van der Waals surface area contributed by atoms with E-state index in [0.717, 1.165) is 13.1 Å². The van der Waals surface area contributed by atoms with Crippen molar-refractivity contribution in [2.24, 2.45) is 0 Å². The van der Waals surface area contributed by atoms with Gasteiger partial charge in [-0.15, -0.1) is 12.4 Å². The molecule has 20 heavy (non-hydrogen) atoms. The van der Waals surface area contributed by atoms with Crippen LogP contribution in [0.1, 0.15) is 77.6 Å². The Labute approximate surface area is 132 Å². The van der Waals surface area contributed by atoms with E-state index in [-0.39, 0.29) is 12.4 Å². The van der Waals surface area contributed by atoms with Crippen molar-refractivity contribution in [2.75, 3.05) is 20.1 Å². The molecule has 0 aliphatic rings. The summed E-state index contributed by atoms with van der Waals surface area (Å²) in [6, 6.07) is 0. The Morgan fingerprint density at radius 1 is 0.750 bits per heavy atom. The average Bonchev–Trinajstić information content (AvgIpc) is 2.38. The van der Waals surface area contributed by atoms with E-state index in [2.05, 4.69) is 18.9 Å². The highest BCUT2D eigenvalue weighted by molar-refractivity contribution is 5.85. The van der Waals surface area contributed by atoms with E-state index in [9.17, 15) is 0 Å². The Morgan fingerprint density at radius 2 is 1.20 bits per heavy atom. The Kier molecular flexibility index (Phi) is 19.3. The fourth-order valence-electron chi connectivity index (χ4n) is 2.32. The van der Waals surface area contributed by atoms with E-state index >= 15 is 0 Å². The zero-order chi connectivity index (χ0) is 14.3. The van der Waals surface area contributed by atoms with Crippen LogP contribution < -0.4 is 0 Å². The highest BCUT2D eigenvalue weighted by atomic mass is 35.5. The van der Waals surface area contributed by atoms with Gasteiger partial charge in [-0.2, -0.15) is 0 Å². The molecule has 2 N–H and O–H groups in total. The molecule has 0 aliphatic heterocycles. The summed E-state index contributed by atoms with van der Waals surface area (Å²) in [7, 11) is 2.05. The van der Waals surface area contributed by atoms with Crippen LogP contribution in [0.4, 0.5) is 0 Å². The molecule has 124 valence electrons. The van der Waals surface area contributed by atoms with Crippen molar-refractivity contribution >= 4 is 12.4 Å². The fraction of sp³-hybridized carbons (Fsp3) is 1.00. The molecule has 0 unspecified atom stereocenters. The molecule has 0 aromatic rings. The molecule has 0 aromatic carbocycles. The van der Waals surface area contributed by atoms with Crippen LogP contribution in [0, 0.1) is 0 Å². The van der Waals surface area contributed by atoms with Gasteiger partial charge in [-0.3, -0.25) is 0 Å². The standard InChI is InChI=1S/C16H35NO2.ClH/c1-3-4-5-6-7-8-9-10-11-12-14-17(2)15-13-16(18)19;/h16,18-19H,3-15H2,1-2H3;1H. The van der Waals surface area contributed by atoms with Crippen molar-refractivity contribution in [3.63, 3.8) is 0 Å². The maximum Gasteiger partial charge on any atom is 0.152 e. The van der Waals surface area contributed by atoms with Crippen LogP contribution >= 0.6 is 12.4 Å². The number of rotatable bonds is 14. The second-order valence-corrected chi connectivity index (χ2v) is 5.75. The smallest absolute Gasteiger partial charge is 0.152 e. The van der Waals surface area contributed by atoms with E-state index in [4.69, 9.17) is 10.2 Å². The minimum atomic E-state index is -1.16. The molecular weight excluding hydrogens is 274 g/mol. The van der Waals surface area contributed by atoms with E-state index in [1.54, 1.807) is 0 Å². The maximum atomic E-state index is 8.78. The molecule has 0 saturated heterocycles. The third kappa shape index (κ3) is 18.2. The second-order valence-electron chi connectivity index (χ2n) is 5.75. The summed E-state index contributed by atoms with van der Waals surface area (Å²) in [5.74, 6) is 0. The van der Waals surface area contributed by atoms with Crippen LogP contribution in [0.2, 0.25) is 0 Å². The summed E-state index contributed by atoms with van der Waals surface area (Å²) in [5, 5.41) is 17.6. The molecule has 0 amide bonds. The number of hydrogen-bond acceptors (Lipinski definition) is 3. The molecule has 0 radical (unpaired) electrons. The average molecular weight is 310 g/mol. The van der Waals surface area contributed by atoms with Gasteiger partial charge in [-0.25, -0.2) is 0 Å². The van der Waals surface area contributed by atoms with Crippen molar-refractivity contribution in [1.82, 2.24) is 4.90 Å². The van der Waals surface area contributed by atoms with Gasteiger partial charge in [-0.05, 0) is 20.0 Å². The third-order valence-corrected chi connectivity index (χ3v) is 3.66. The molecule has 0 atom stereocenters. The minimum Gasteiger partial charge on any atom is -0.368 e. The monoisotopic (exact) mass is 309 g/mol. The van der Waals surface area contributed by atoms with Gasteiger partial charge >= 0.3 is 0 Å². The second kappa shape index (κ2) is 17.2. The zero-order valence-electron chi connectivity index (χ0n) is 13.5. The van der Waals surface area contributed by atoms with Gasteiger partial charge in [0.1, 0.15) is 0 Å². The summed E-state index contributed by atoms with van der Waals surface area (Å²) in [6.07, 6.45) is 12.9. The van der Waals surface area contributed by atoms with E-state index in [0.29, 0.717) is 6.42 Å². The minimum absolute atomic E-state index is 0. The van der Waals surface area contributed by atoms with Gasteiger partial charge in [0.2, 0.25) is 0 Å². The molecule has 0 rings (SSSR count). The molecule has 3 nitrogen and oxygen atoms in total. The molecule has 0 heterocycles. The number of aliphatic hydroxyl groups excluding tert-OH is 1. The lowest BCUT2D eigenvalue weighted by Crippen LogP contribution is -2.24. The van der Waals surface area contributed by atoms with E-state index in [1.165, 1.54) is 64.2 Å². The van der Waals surface area contributed by atoms with Gasteiger partial charge in [0.15, 0.2) is 6.29 Å². The molecule has 0 aliphatic carbocycles. The van der Waals surface area contributed by atoms with Crippen molar-refractivity contribution in [1.29, 1.82) is 0 Å². The molecular formula is C16H36ClNO2. The van der Waals surface area contributed by atoms with Crippen molar-refractivity contribution in [3.8, 4) is 0 Å². The fourth-order valence-corrected chi connectivity index (χ4v) is 2.32.